The van der Waals surface area contributed by atoms with Crippen LogP contribution >= 0.6 is 0 Å². The standard InChI is InChI=1S/C14H9FN2O/c15-11-5-3-10(4-6-11)14(18)13-8-7-12-2-1-9-16-17(12)13/h1-9H. The highest BCUT2D eigenvalue weighted by molar-refractivity contribution is 6.08. The van der Waals surface area contributed by atoms with Gasteiger partial charge in [-0.15, -0.1) is 0 Å². The molecule has 0 aliphatic heterocycles. The quantitative estimate of drug-likeness (QED) is 0.645. The highest BCUT2D eigenvalue weighted by atomic mass is 19.1. The molecule has 3 aromatic rings. The SMILES string of the molecule is O=C(c1ccc(F)cc1)c1ccc2cccnn12. The number of nitrogens with zero attached hydrogens (tertiary/aromatic N) is 2. The van der Waals surface area contributed by atoms with Gasteiger partial charge in [0, 0.05) is 11.8 Å². The van der Waals surface area contributed by atoms with E-state index in [1.165, 1.54) is 24.3 Å². The summed E-state index contributed by atoms with van der Waals surface area (Å²) in [5.41, 5.74) is 1.77. The van der Waals surface area contributed by atoms with Gasteiger partial charge in [0.2, 0.25) is 5.78 Å². The van der Waals surface area contributed by atoms with Gasteiger partial charge in [-0.3, -0.25) is 4.79 Å². The highest BCUT2D eigenvalue weighted by Crippen LogP contribution is 2.13. The van der Waals surface area contributed by atoms with Crippen molar-refractivity contribution < 1.29 is 9.18 Å². The minimum absolute atomic E-state index is 0.172. The van der Waals surface area contributed by atoms with E-state index in [9.17, 15) is 9.18 Å². The van der Waals surface area contributed by atoms with Crippen LogP contribution < -0.4 is 0 Å². The maximum atomic E-state index is 12.8. The zero-order valence-corrected chi connectivity index (χ0v) is 9.38. The summed E-state index contributed by atoms with van der Waals surface area (Å²) in [6.07, 6.45) is 1.62. The third kappa shape index (κ3) is 1.68. The first-order chi connectivity index (χ1) is 8.75. The second-order valence-electron chi connectivity index (χ2n) is 3.91. The lowest BCUT2D eigenvalue weighted by atomic mass is 10.1. The predicted octanol–water partition coefficient (Wildman–Crippen LogP) is 2.70. The number of aromatic nitrogens is 2. The van der Waals surface area contributed by atoms with Gasteiger partial charge in [0.05, 0.1) is 5.52 Å². The second-order valence-corrected chi connectivity index (χ2v) is 3.91. The van der Waals surface area contributed by atoms with Gasteiger partial charge in [0.1, 0.15) is 11.5 Å². The van der Waals surface area contributed by atoms with Crippen LogP contribution in [0.1, 0.15) is 16.1 Å². The molecule has 18 heavy (non-hydrogen) atoms. The van der Waals surface area contributed by atoms with Crippen molar-refractivity contribution in [2.24, 2.45) is 0 Å². The van der Waals surface area contributed by atoms with Crippen LogP contribution in [0.2, 0.25) is 0 Å². The van der Waals surface area contributed by atoms with Crippen LogP contribution in [0.4, 0.5) is 4.39 Å². The third-order valence-corrected chi connectivity index (χ3v) is 2.76. The fraction of sp³-hybridized carbons (Fsp3) is 0. The summed E-state index contributed by atoms with van der Waals surface area (Å²) in [6, 6.07) is 12.7. The molecule has 0 saturated heterocycles. The van der Waals surface area contributed by atoms with Gasteiger partial charge >= 0.3 is 0 Å². The minimum atomic E-state index is -0.357. The number of halogens is 1. The molecule has 2 aromatic heterocycles. The van der Waals surface area contributed by atoms with Crippen molar-refractivity contribution >= 4 is 11.3 Å². The smallest absolute Gasteiger partial charge is 0.211 e. The Morgan fingerprint density at radius 3 is 2.61 bits per heavy atom. The Morgan fingerprint density at radius 1 is 1.06 bits per heavy atom. The van der Waals surface area contributed by atoms with E-state index in [2.05, 4.69) is 5.10 Å². The minimum Gasteiger partial charge on any atom is -0.287 e. The van der Waals surface area contributed by atoms with E-state index in [-0.39, 0.29) is 11.6 Å². The van der Waals surface area contributed by atoms with Crippen molar-refractivity contribution in [1.29, 1.82) is 0 Å². The van der Waals surface area contributed by atoms with E-state index in [0.717, 1.165) is 5.52 Å². The van der Waals surface area contributed by atoms with Gasteiger partial charge in [0.15, 0.2) is 0 Å². The van der Waals surface area contributed by atoms with E-state index in [4.69, 9.17) is 0 Å². The van der Waals surface area contributed by atoms with E-state index < -0.39 is 0 Å². The maximum Gasteiger partial charge on any atom is 0.211 e. The Balaban J connectivity index is 2.09. The third-order valence-electron chi connectivity index (χ3n) is 2.76. The number of hydrogen-bond donors (Lipinski definition) is 0. The number of rotatable bonds is 2. The Labute approximate surface area is 102 Å². The van der Waals surface area contributed by atoms with Crippen molar-refractivity contribution in [3.63, 3.8) is 0 Å². The van der Waals surface area contributed by atoms with Gasteiger partial charge in [-0.05, 0) is 48.5 Å². The van der Waals surface area contributed by atoms with Gasteiger partial charge in [-0.25, -0.2) is 8.91 Å². The summed E-state index contributed by atoms with van der Waals surface area (Å²) < 4.78 is 14.4. The van der Waals surface area contributed by atoms with Crippen molar-refractivity contribution in [1.82, 2.24) is 9.61 Å². The van der Waals surface area contributed by atoms with Crippen LogP contribution in [-0.4, -0.2) is 15.4 Å². The fourth-order valence-corrected chi connectivity index (χ4v) is 1.87. The first kappa shape index (κ1) is 10.7. The lowest BCUT2D eigenvalue weighted by Gasteiger charge is -2.01. The Morgan fingerprint density at radius 2 is 1.83 bits per heavy atom. The van der Waals surface area contributed by atoms with Gasteiger partial charge in [0.25, 0.3) is 0 Å². The second kappa shape index (κ2) is 4.07. The van der Waals surface area contributed by atoms with Crippen molar-refractivity contribution in [2.45, 2.75) is 0 Å². The largest absolute Gasteiger partial charge is 0.287 e. The number of ketones is 1. The molecule has 2 heterocycles. The molecule has 0 spiro atoms. The molecule has 4 heteroatoms. The summed E-state index contributed by atoms with van der Waals surface area (Å²) in [7, 11) is 0. The molecule has 0 aliphatic rings. The van der Waals surface area contributed by atoms with Crippen LogP contribution in [0.15, 0.2) is 54.7 Å². The zero-order valence-electron chi connectivity index (χ0n) is 9.38. The highest BCUT2D eigenvalue weighted by Gasteiger charge is 2.13. The number of fused-ring (bicyclic) bond motifs is 1. The van der Waals surface area contributed by atoms with Gasteiger partial charge < -0.3 is 0 Å². The Bertz CT molecular complexity index is 716. The average Bonchev–Trinajstić information content (AvgIpc) is 2.82. The Kier molecular flexibility index (Phi) is 2.41. The Hall–Kier alpha value is -2.49. The first-order valence-electron chi connectivity index (χ1n) is 5.49. The van der Waals surface area contributed by atoms with Gasteiger partial charge in [-0.2, -0.15) is 5.10 Å². The molecule has 0 atom stereocenters. The molecule has 88 valence electrons. The number of benzene rings is 1. The lowest BCUT2D eigenvalue weighted by Crippen LogP contribution is -2.06. The molecule has 0 radical (unpaired) electrons. The summed E-state index contributed by atoms with van der Waals surface area (Å²) in [5, 5.41) is 4.13. The fourth-order valence-electron chi connectivity index (χ4n) is 1.87. The first-order valence-corrected chi connectivity index (χ1v) is 5.49. The zero-order chi connectivity index (χ0) is 12.5. The molecular weight excluding hydrogens is 231 g/mol. The summed E-state index contributed by atoms with van der Waals surface area (Å²) in [6.45, 7) is 0. The van der Waals surface area contributed by atoms with Crippen LogP contribution in [-0.2, 0) is 0 Å². The summed E-state index contributed by atoms with van der Waals surface area (Å²) in [4.78, 5) is 12.2. The van der Waals surface area contributed by atoms with Crippen LogP contribution in [0.5, 0.6) is 0 Å². The van der Waals surface area contributed by atoms with Gasteiger partial charge in [-0.1, -0.05) is 0 Å². The number of carbonyl (C=O) groups is 1. The topological polar surface area (TPSA) is 34.4 Å². The van der Waals surface area contributed by atoms with Crippen molar-refractivity contribution in [2.75, 3.05) is 0 Å². The monoisotopic (exact) mass is 240 g/mol. The summed E-state index contributed by atoms with van der Waals surface area (Å²) >= 11 is 0. The van der Waals surface area contributed by atoms with Crippen LogP contribution in [0, 0.1) is 5.82 Å². The number of carbonyl (C=O) groups excluding carboxylic acids is 1. The van der Waals surface area contributed by atoms with Crippen LogP contribution in [0.25, 0.3) is 5.52 Å². The van der Waals surface area contributed by atoms with E-state index in [1.54, 1.807) is 16.8 Å². The number of hydrogen-bond acceptors (Lipinski definition) is 2. The molecule has 0 unspecified atom stereocenters. The molecule has 0 amide bonds. The maximum absolute atomic E-state index is 12.8. The molecule has 0 fully saturated rings. The summed E-state index contributed by atoms with van der Waals surface area (Å²) in [5.74, 6) is -0.529. The van der Waals surface area contributed by atoms with Crippen molar-refractivity contribution in [3.8, 4) is 0 Å². The van der Waals surface area contributed by atoms with Crippen LogP contribution in [0.3, 0.4) is 0 Å². The lowest BCUT2D eigenvalue weighted by molar-refractivity contribution is 0.103. The molecule has 1 aromatic carbocycles. The molecular formula is C14H9FN2O. The van der Waals surface area contributed by atoms with E-state index in [0.29, 0.717) is 11.3 Å². The molecule has 3 nitrogen and oxygen atoms in total. The van der Waals surface area contributed by atoms with E-state index in [1.807, 2.05) is 18.2 Å². The molecule has 0 bridgehead atoms. The average molecular weight is 240 g/mol. The van der Waals surface area contributed by atoms with E-state index >= 15 is 0 Å². The molecule has 3 rings (SSSR count). The predicted molar refractivity (Wildman–Crippen MR) is 65.0 cm³/mol. The van der Waals surface area contributed by atoms with Crippen molar-refractivity contribution in [3.05, 3.63) is 71.8 Å². The molecule has 0 saturated carbocycles. The molecule has 0 aliphatic carbocycles. The molecule has 0 N–H and O–H groups in total. The normalized spacial score (nSPS) is 10.7.